The standard InChI is InChI=1S/C12H22O/c1-3-11-8(2)4-5-9-6-10(13)7-12(9)11/h8-13H,3-7H2,1-2H3/t8-,9?,10?,11?,12?/m1/s1. The Morgan fingerprint density at radius 2 is 2.00 bits per heavy atom. The lowest BCUT2D eigenvalue weighted by Gasteiger charge is -2.38. The average Bonchev–Trinajstić information content (AvgIpc) is 2.45. The van der Waals surface area contributed by atoms with Crippen LogP contribution in [0.2, 0.25) is 0 Å². The van der Waals surface area contributed by atoms with Crippen LogP contribution in [-0.4, -0.2) is 11.2 Å². The Balaban J connectivity index is 2.07. The van der Waals surface area contributed by atoms with Crippen molar-refractivity contribution in [3.05, 3.63) is 0 Å². The predicted molar refractivity (Wildman–Crippen MR) is 54.4 cm³/mol. The summed E-state index contributed by atoms with van der Waals surface area (Å²) in [6.07, 6.45) is 6.29. The normalized spacial score (nSPS) is 50.5. The lowest BCUT2D eigenvalue weighted by molar-refractivity contribution is 0.115. The first-order valence-corrected chi connectivity index (χ1v) is 5.90. The fourth-order valence-electron chi connectivity index (χ4n) is 3.80. The van der Waals surface area contributed by atoms with E-state index in [4.69, 9.17) is 0 Å². The van der Waals surface area contributed by atoms with Gasteiger partial charge in [0, 0.05) is 0 Å². The van der Waals surface area contributed by atoms with E-state index in [2.05, 4.69) is 13.8 Å². The summed E-state index contributed by atoms with van der Waals surface area (Å²) in [6, 6.07) is 0. The van der Waals surface area contributed by atoms with Crippen molar-refractivity contribution in [3.8, 4) is 0 Å². The number of aliphatic hydroxyl groups excluding tert-OH is 1. The topological polar surface area (TPSA) is 20.2 Å². The number of hydrogen-bond donors (Lipinski definition) is 1. The maximum Gasteiger partial charge on any atom is 0.0545 e. The molecule has 0 bridgehead atoms. The van der Waals surface area contributed by atoms with Gasteiger partial charge >= 0.3 is 0 Å². The lowest BCUT2D eigenvalue weighted by Crippen LogP contribution is -2.29. The highest BCUT2D eigenvalue weighted by Gasteiger charge is 2.42. The summed E-state index contributed by atoms with van der Waals surface area (Å²) in [5, 5.41) is 9.66. The molecule has 0 spiro atoms. The Hall–Kier alpha value is -0.0400. The minimum absolute atomic E-state index is 0.0225. The highest BCUT2D eigenvalue weighted by molar-refractivity contribution is 4.92. The minimum atomic E-state index is 0.0225. The maximum atomic E-state index is 9.66. The van der Waals surface area contributed by atoms with E-state index < -0.39 is 0 Å². The average molecular weight is 182 g/mol. The highest BCUT2D eigenvalue weighted by Crippen LogP contribution is 2.48. The number of aliphatic hydroxyl groups is 1. The summed E-state index contributed by atoms with van der Waals surface area (Å²) in [5.74, 6) is 3.51. The molecule has 2 aliphatic rings. The van der Waals surface area contributed by atoms with Crippen LogP contribution in [0.3, 0.4) is 0 Å². The quantitative estimate of drug-likeness (QED) is 0.661. The third-order valence-corrected chi connectivity index (χ3v) is 4.47. The molecular weight excluding hydrogens is 160 g/mol. The third kappa shape index (κ3) is 1.63. The monoisotopic (exact) mass is 182 g/mol. The third-order valence-electron chi connectivity index (χ3n) is 4.47. The molecule has 0 saturated heterocycles. The van der Waals surface area contributed by atoms with E-state index in [1.54, 1.807) is 0 Å². The van der Waals surface area contributed by atoms with Gasteiger partial charge in [-0.15, -0.1) is 0 Å². The van der Waals surface area contributed by atoms with Gasteiger partial charge in [0.25, 0.3) is 0 Å². The van der Waals surface area contributed by atoms with Crippen LogP contribution < -0.4 is 0 Å². The van der Waals surface area contributed by atoms with Crippen LogP contribution in [0.1, 0.15) is 46.0 Å². The molecule has 1 heteroatoms. The van der Waals surface area contributed by atoms with E-state index in [9.17, 15) is 5.11 Å². The fraction of sp³-hybridized carbons (Fsp3) is 1.00. The van der Waals surface area contributed by atoms with Gasteiger partial charge in [-0.1, -0.05) is 26.7 Å². The highest BCUT2D eigenvalue weighted by atomic mass is 16.3. The van der Waals surface area contributed by atoms with Gasteiger partial charge in [0.1, 0.15) is 0 Å². The summed E-state index contributed by atoms with van der Waals surface area (Å²) in [5.41, 5.74) is 0. The first-order chi connectivity index (χ1) is 6.22. The van der Waals surface area contributed by atoms with E-state index in [1.165, 1.54) is 19.3 Å². The molecule has 0 aromatic heterocycles. The lowest BCUT2D eigenvalue weighted by atomic mass is 9.67. The second-order valence-electron chi connectivity index (χ2n) is 5.18. The number of fused-ring (bicyclic) bond motifs is 1. The maximum absolute atomic E-state index is 9.66. The summed E-state index contributed by atoms with van der Waals surface area (Å²) in [6.45, 7) is 4.71. The molecule has 0 aromatic rings. The van der Waals surface area contributed by atoms with Crippen LogP contribution in [0.5, 0.6) is 0 Å². The molecule has 2 rings (SSSR count). The van der Waals surface area contributed by atoms with Crippen molar-refractivity contribution in [3.63, 3.8) is 0 Å². The molecule has 2 fully saturated rings. The summed E-state index contributed by atoms with van der Waals surface area (Å²) in [7, 11) is 0. The molecule has 1 N–H and O–H groups in total. The van der Waals surface area contributed by atoms with Crippen molar-refractivity contribution >= 4 is 0 Å². The molecule has 76 valence electrons. The predicted octanol–water partition coefficient (Wildman–Crippen LogP) is 2.83. The summed E-state index contributed by atoms with van der Waals surface area (Å²) >= 11 is 0. The molecule has 13 heavy (non-hydrogen) atoms. The zero-order valence-corrected chi connectivity index (χ0v) is 8.87. The zero-order valence-electron chi connectivity index (χ0n) is 8.87. The van der Waals surface area contributed by atoms with Crippen LogP contribution in [0.15, 0.2) is 0 Å². The van der Waals surface area contributed by atoms with Gasteiger partial charge in [0.05, 0.1) is 6.10 Å². The molecule has 1 nitrogen and oxygen atoms in total. The van der Waals surface area contributed by atoms with Crippen molar-refractivity contribution in [2.24, 2.45) is 23.7 Å². The van der Waals surface area contributed by atoms with Crippen molar-refractivity contribution < 1.29 is 5.11 Å². The van der Waals surface area contributed by atoms with Gasteiger partial charge in [-0.05, 0) is 42.9 Å². The molecule has 2 aliphatic carbocycles. The van der Waals surface area contributed by atoms with Crippen LogP contribution in [0.25, 0.3) is 0 Å². The van der Waals surface area contributed by atoms with Gasteiger partial charge in [0.15, 0.2) is 0 Å². The second kappa shape index (κ2) is 3.61. The van der Waals surface area contributed by atoms with Gasteiger partial charge in [-0.3, -0.25) is 0 Å². The van der Waals surface area contributed by atoms with Crippen LogP contribution in [-0.2, 0) is 0 Å². The van der Waals surface area contributed by atoms with Crippen molar-refractivity contribution in [1.29, 1.82) is 0 Å². The van der Waals surface area contributed by atoms with E-state index >= 15 is 0 Å². The number of rotatable bonds is 1. The first kappa shape index (κ1) is 9.51. The Kier molecular flexibility index (Phi) is 2.64. The van der Waals surface area contributed by atoms with Gasteiger partial charge < -0.3 is 5.11 Å². The summed E-state index contributed by atoms with van der Waals surface area (Å²) in [4.78, 5) is 0. The zero-order chi connectivity index (χ0) is 9.42. The van der Waals surface area contributed by atoms with Crippen molar-refractivity contribution in [2.75, 3.05) is 0 Å². The minimum Gasteiger partial charge on any atom is -0.393 e. The Labute approximate surface area is 81.5 Å². The van der Waals surface area contributed by atoms with Crippen LogP contribution in [0, 0.1) is 23.7 Å². The fourth-order valence-corrected chi connectivity index (χ4v) is 3.80. The summed E-state index contributed by atoms with van der Waals surface area (Å²) < 4.78 is 0. The molecular formula is C12H22O. The molecule has 5 atom stereocenters. The molecule has 0 radical (unpaired) electrons. The van der Waals surface area contributed by atoms with Gasteiger partial charge in [-0.2, -0.15) is 0 Å². The van der Waals surface area contributed by atoms with Crippen LogP contribution in [0.4, 0.5) is 0 Å². The van der Waals surface area contributed by atoms with Crippen molar-refractivity contribution in [1.82, 2.24) is 0 Å². The van der Waals surface area contributed by atoms with Crippen molar-refractivity contribution in [2.45, 2.75) is 52.1 Å². The smallest absolute Gasteiger partial charge is 0.0545 e. The second-order valence-corrected chi connectivity index (χ2v) is 5.18. The van der Waals surface area contributed by atoms with Gasteiger partial charge in [-0.25, -0.2) is 0 Å². The SMILES string of the molecule is CCC1C2CC(O)CC2CC[C@H]1C. The first-order valence-electron chi connectivity index (χ1n) is 5.90. The molecule has 0 heterocycles. The van der Waals surface area contributed by atoms with Gasteiger partial charge in [0.2, 0.25) is 0 Å². The van der Waals surface area contributed by atoms with E-state index in [1.807, 2.05) is 0 Å². The van der Waals surface area contributed by atoms with E-state index in [-0.39, 0.29) is 6.10 Å². The molecule has 2 saturated carbocycles. The van der Waals surface area contributed by atoms with E-state index in [0.29, 0.717) is 0 Å². The molecule has 4 unspecified atom stereocenters. The molecule has 0 amide bonds. The Morgan fingerprint density at radius 3 is 2.69 bits per heavy atom. The van der Waals surface area contributed by atoms with Crippen LogP contribution >= 0.6 is 0 Å². The Bertz CT molecular complexity index is 178. The largest absolute Gasteiger partial charge is 0.393 e. The molecule has 0 aromatic carbocycles. The number of hydrogen-bond acceptors (Lipinski definition) is 1. The molecule has 0 aliphatic heterocycles. The Morgan fingerprint density at radius 1 is 1.23 bits per heavy atom. The van der Waals surface area contributed by atoms with E-state index in [0.717, 1.165) is 36.5 Å².